The monoisotopic (exact) mass is 199 g/mol. The molecule has 0 aromatic heterocycles. The zero-order chi connectivity index (χ0) is 10.6. The summed E-state index contributed by atoms with van der Waals surface area (Å²) < 4.78 is 27.7. The number of rotatable bonds is 4. The second-order valence-corrected chi connectivity index (χ2v) is 2.71. The van der Waals surface area contributed by atoms with E-state index in [9.17, 15) is 8.78 Å². The normalized spacial score (nSPS) is 12.6. The zero-order valence-electron chi connectivity index (χ0n) is 7.49. The topological polar surface area (TPSA) is 35.2 Å². The molecule has 1 atom stereocenters. The molecule has 2 N–H and O–H groups in total. The highest BCUT2D eigenvalue weighted by molar-refractivity contribution is 5.30. The van der Waals surface area contributed by atoms with Gasteiger partial charge in [-0.15, -0.1) is 6.58 Å². The fraction of sp³-hybridized carbons (Fsp3) is 0.200. The molecule has 0 unspecified atom stereocenters. The maximum Gasteiger partial charge on any atom is 0.387 e. The van der Waals surface area contributed by atoms with Crippen LogP contribution in [0.3, 0.4) is 0 Å². The van der Waals surface area contributed by atoms with Gasteiger partial charge in [-0.2, -0.15) is 8.78 Å². The fourth-order valence-electron chi connectivity index (χ4n) is 1.01. The van der Waals surface area contributed by atoms with E-state index >= 15 is 0 Å². The first-order valence-electron chi connectivity index (χ1n) is 4.06. The number of benzene rings is 1. The summed E-state index contributed by atoms with van der Waals surface area (Å²) >= 11 is 0. The van der Waals surface area contributed by atoms with E-state index in [1.165, 1.54) is 12.1 Å². The zero-order valence-corrected chi connectivity index (χ0v) is 7.49. The fourth-order valence-corrected chi connectivity index (χ4v) is 1.01. The molecular formula is C10H11F2NO. The minimum Gasteiger partial charge on any atom is -0.435 e. The number of ether oxygens (including phenoxy) is 1. The summed E-state index contributed by atoms with van der Waals surface area (Å²) in [6.07, 6.45) is 1.57. The summed E-state index contributed by atoms with van der Waals surface area (Å²) in [5, 5.41) is 0. The van der Waals surface area contributed by atoms with Gasteiger partial charge >= 0.3 is 6.61 Å². The lowest BCUT2D eigenvalue weighted by Gasteiger charge is -2.08. The van der Waals surface area contributed by atoms with Gasteiger partial charge in [0.2, 0.25) is 0 Å². The van der Waals surface area contributed by atoms with E-state index in [-0.39, 0.29) is 11.8 Å². The average molecular weight is 199 g/mol. The molecule has 0 radical (unpaired) electrons. The third-order valence-electron chi connectivity index (χ3n) is 1.74. The van der Waals surface area contributed by atoms with Crippen LogP contribution < -0.4 is 10.5 Å². The van der Waals surface area contributed by atoms with Gasteiger partial charge in [-0.3, -0.25) is 0 Å². The molecule has 0 bridgehead atoms. The van der Waals surface area contributed by atoms with Crippen molar-refractivity contribution in [3.05, 3.63) is 42.5 Å². The summed E-state index contributed by atoms with van der Waals surface area (Å²) in [7, 11) is 0. The van der Waals surface area contributed by atoms with Crippen molar-refractivity contribution >= 4 is 0 Å². The molecule has 0 amide bonds. The minimum absolute atomic E-state index is 0.125. The maximum atomic E-state index is 11.8. The van der Waals surface area contributed by atoms with Gasteiger partial charge in [-0.1, -0.05) is 18.2 Å². The summed E-state index contributed by atoms with van der Waals surface area (Å²) in [6.45, 7) is 0.734. The Balaban J connectivity index is 2.73. The maximum absolute atomic E-state index is 11.8. The molecule has 0 aliphatic rings. The summed E-state index contributed by atoms with van der Waals surface area (Å²) in [4.78, 5) is 0. The average Bonchev–Trinajstić information content (AvgIpc) is 2.17. The van der Waals surface area contributed by atoms with Crippen molar-refractivity contribution in [1.29, 1.82) is 0 Å². The second kappa shape index (κ2) is 4.72. The van der Waals surface area contributed by atoms with E-state index in [1.807, 2.05) is 0 Å². The molecule has 1 rings (SSSR count). The molecular weight excluding hydrogens is 188 g/mol. The van der Waals surface area contributed by atoms with Crippen LogP contribution in [-0.2, 0) is 0 Å². The van der Waals surface area contributed by atoms with Crippen molar-refractivity contribution in [3.8, 4) is 5.75 Å². The lowest BCUT2D eigenvalue weighted by Crippen LogP contribution is -2.06. The first-order valence-corrected chi connectivity index (χ1v) is 4.06. The molecule has 0 fully saturated rings. The lowest BCUT2D eigenvalue weighted by molar-refractivity contribution is -0.0498. The van der Waals surface area contributed by atoms with E-state index < -0.39 is 6.61 Å². The SMILES string of the molecule is C=C[C@H](N)c1ccc(OC(F)F)cc1. The number of nitrogens with two attached hydrogens (primary N) is 1. The van der Waals surface area contributed by atoms with E-state index in [4.69, 9.17) is 5.73 Å². The molecule has 14 heavy (non-hydrogen) atoms. The van der Waals surface area contributed by atoms with Crippen LogP contribution in [0.15, 0.2) is 36.9 Å². The second-order valence-electron chi connectivity index (χ2n) is 2.71. The summed E-state index contributed by atoms with van der Waals surface area (Å²) in [5.74, 6) is 0.125. The largest absolute Gasteiger partial charge is 0.435 e. The molecule has 1 aromatic rings. The van der Waals surface area contributed by atoms with Crippen LogP contribution in [0.2, 0.25) is 0 Å². The van der Waals surface area contributed by atoms with Gasteiger partial charge in [-0.05, 0) is 17.7 Å². The van der Waals surface area contributed by atoms with Gasteiger partial charge in [0.05, 0.1) is 0 Å². The molecule has 4 heteroatoms. The predicted molar refractivity (Wildman–Crippen MR) is 50.2 cm³/mol. The molecule has 0 aliphatic heterocycles. The molecule has 0 spiro atoms. The standard InChI is InChI=1S/C10H11F2NO/c1-2-9(13)7-3-5-8(6-4-7)14-10(11)12/h2-6,9-10H,1,13H2/t9-/m0/s1. The Morgan fingerprint density at radius 2 is 1.86 bits per heavy atom. The quantitative estimate of drug-likeness (QED) is 0.756. The highest BCUT2D eigenvalue weighted by Crippen LogP contribution is 2.18. The molecule has 0 saturated carbocycles. The smallest absolute Gasteiger partial charge is 0.387 e. The first-order chi connectivity index (χ1) is 6.63. The number of hydrogen-bond acceptors (Lipinski definition) is 2. The molecule has 0 aliphatic carbocycles. The lowest BCUT2D eigenvalue weighted by atomic mass is 10.1. The predicted octanol–water partition coefficient (Wildman–Crippen LogP) is 2.47. The Morgan fingerprint density at radius 3 is 2.29 bits per heavy atom. The first kappa shape index (κ1) is 10.7. The number of halogens is 2. The van der Waals surface area contributed by atoms with Gasteiger partial charge in [0, 0.05) is 6.04 Å². The van der Waals surface area contributed by atoms with E-state index in [2.05, 4.69) is 11.3 Å². The van der Waals surface area contributed by atoms with Crippen molar-refractivity contribution in [3.63, 3.8) is 0 Å². The van der Waals surface area contributed by atoms with Crippen LogP contribution in [0.1, 0.15) is 11.6 Å². The van der Waals surface area contributed by atoms with Crippen molar-refractivity contribution < 1.29 is 13.5 Å². The van der Waals surface area contributed by atoms with Gasteiger partial charge < -0.3 is 10.5 Å². The van der Waals surface area contributed by atoms with Crippen LogP contribution >= 0.6 is 0 Å². The van der Waals surface area contributed by atoms with Crippen molar-refractivity contribution in [2.24, 2.45) is 5.73 Å². The van der Waals surface area contributed by atoms with Gasteiger partial charge in [0.25, 0.3) is 0 Å². The third-order valence-corrected chi connectivity index (χ3v) is 1.74. The molecule has 0 saturated heterocycles. The Kier molecular flexibility index (Phi) is 3.59. The van der Waals surface area contributed by atoms with Gasteiger partial charge in [0.15, 0.2) is 0 Å². The number of alkyl halides is 2. The molecule has 2 nitrogen and oxygen atoms in total. The Hall–Kier alpha value is -1.42. The van der Waals surface area contributed by atoms with Crippen LogP contribution in [-0.4, -0.2) is 6.61 Å². The minimum atomic E-state index is -2.80. The van der Waals surface area contributed by atoms with Crippen LogP contribution in [0, 0.1) is 0 Å². The van der Waals surface area contributed by atoms with Crippen molar-refractivity contribution in [2.45, 2.75) is 12.7 Å². The molecule has 76 valence electrons. The van der Waals surface area contributed by atoms with Crippen molar-refractivity contribution in [1.82, 2.24) is 0 Å². The van der Waals surface area contributed by atoms with E-state index in [0.717, 1.165) is 5.56 Å². The molecule has 1 aromatic carbocycles. The molecule has 0 heterocycles. The van der Waals surface area contributed by atoms with E-state index in [1.54, 1.807) is 18.2 Å². The van der Waals surface area contributed by atoms with Gasteiger partial charge in [0.1, 0.15) is 5.75 Å². The van der Waals surface area contributed by atoms with Crippen LogP contribution in [0.4, 0.5) is 8.78 Å². The number of hydrogen-bond donors (Lipinski definition) is 1. The Labute approximate surface area is 81.0 Å². The summed E-state index contributed by atoms with van der Waals surface area (Å²) in [6, 6.07) is 5.87. The Morgan fingerprint density at radius 1 is 1.29 bits per heavy atom. The summed E-state index contributed by atoms with van der Waals surface area (Å²) in [5.41, 5.74) is 6.45. The van der Waals surface area contributed by atoms with Gasteiger partial charge in [-0.25, -0.2) is 0 Å². The Bertz CT molecular complexity index is 297. The van der Waals surface area contributed by atoms with Crippen LogP contribution in [0.5, 0.6) is 5.75 Å². The van der Waals surface area contributed by atoms with Crippen LogP contribution in [0.25, 0.3) is 0 Å². The van der Waals surface area contributed by atoms with Crippen molar-refractivity contribution in [2.75, 3.05) is 0 Å². The highest BCUT2D eigenvalue weighted by Gasteiger charge is 2.05. The third kappa shape index (κ3) is 2.81. The highest BCUT2D eigenvalue weighted by atomic mass is 19.3. The van der Waals surface area contributed by atoms with E-state index in [0.29, 0.717) is 0 Å².